The van der Waals surface area contributed by atoms with Gasteiger partial charge in [0.05, 0.1) is 18.4 Å². The van der Waals surface area contributed by atoms with Crippen molar-refractivity contribution in [2.24, 2.45) is 12.0 Å². The van der Waals surface area contributed by atoms with Crippen LogP contribution in [0.25, 0.3) is 5.69 Å². The van der Waals surface area contributed by atoms with Gasteiger partial charge in [-0.1, -0.05) is 18.2 Å². The Morgan fingerprint density at radius 3 is 2.64 bits per heavy atom. The summed E-state index contributed by atoms with van der Waals surface area (Å²) in [5.74, 6) is 0.925. The molecule has 28 heavy (non-hydrogen) atoms. The van der Waals surface area contributed by atoms with Gasteiger partial charge in [-0.05, 0) is 43.2 Å². The summed E-state index contributed by atoms with van der Waals surface area (Å²) in [7, 11) is 4.14. The molecular formula is C21H29IN6. The third-order valence-corrected chi connectivity index (χ3v) is 4.47. The third-order valence-electron chi connectivity index (χ3n) is 4.47. The second kappa shape index (κ2) is 10.9. The number of aliphatic imine (C=N–C) groups is 1. The molecule has 0 fully saturated rings. The smallest absolute Gasteiger partial charge is 0.194 e. The van der Waals surface area contributed by atoms with Gasteiger partial charge in [-0.25, -0.2) is 4.68 Å². The van der Waals surface area contributed by atoms with Crippen LogP contribution in [-0.2, 0) is 20.0 Å². The van der Waals surface area contributed by atoms with Crippen LogP contribution < -0.4 is 5.32 Å². The zero-order valence-corrected chi connectivity index (χ0v) is 19.1. The standard InChI is InChI=1S/C21H28N6.HI/c1-4-22-21(26(3)17-20-11-8-14-25(20)2)23-13-12-18-15-24-27(16-18)19-9-6-5-7-10-19;/h5-11,14-16H,4,12-13,17H2,1-3H3,(H,22,23);1H. The van der Waals surface area contributed by atoms with E-state index in [1.165, 1.54) is 11.3 Å². The van der Waals surface area contributed by atoms with E-state index in [4.69, 9.17) is 4.99 Å². The molecule has 0 spiro atoms. The summed E-state index contributed by atoms with van der Waals surface area (Å²) in [5, 5.41) is 7.83. The first-order valence-corrected chi connectivity index (χ1v) is 9.36. The van der Waals surface area contributed by atoms with E-state index in [9.17, 15) is 0 Å². The number of hydrogen-bond donors (Lipinski definition) is 1. The van der Waals surface area contributed by atoms with Crippen LogP contribution in [0.4, 0.5) is 0 Å². The average Bonchev–Trinajstić information content (AvgIpc) is 3.31. The van der Waals surface area contributed by atoms with Crippen LogP contribution in [0, 0.1) is 0 Å². The molecular weight excluding hydrogens is 463 g/mol. The van der Waals surface area contributed by atoms with Crippen molar-refractivity contribution in [3.05, 3.63) is 72.3 Å². The Labute approximate surface area is 184 Å². The number of aryl methyl sites for hydroxylation is 1. The molecule has 0 aliphatic heterocycles. The molecule has 0 atom stereocenters. The summed E-state index contributed by atoms with van der Waals surface area (Å²) >= 11 is 0. The van der Waals surface area contributed by atoms with E-state index in [2.05, 4.69) is 77.6 Å². The Hall–Kier alpha value is -2.29. The second-order valence-corrected chi connectivity index (χ2v) is 6.58. The molecule has 0 amide bonds. The molecule has 0 unspecified atom stereocenters. The zero-order valence-electron chi connectivity index (χ0n) is 16.7. The Morgan fingerprint density at radius 2 is 1.96 bits per heavy atom. The molecule has 7 heteroatoms. The van der Waals surface area contributed by atoms with E-state index in [1.54, 1.807) is 0 Å². The van der Waals surface area contributed by atoms with E-state index in [0.717, 1.165) is 37.7 Å². The summed E-state index contributed by atoms with van der Waals surface area (Å²) < 4.78 is 4.05. The summed E-state index contributed by atoms with van der Waals surface area (Å²) in [6, 6.07) is 14.4. The molecule has 2 heterocycles. The molecule has 0 aliphatic rings. The number of rotatable bonds is 7. The molecule has 1 N–H and O–H groups in total. The minimum absolute atomic E-state index is 0. The van der Waals surface area contributed by atoms with E-state index >= 15 is 0 Å². The number of aromatic nitrogens is 3. The molecule has 3 aromatic rings. The van der Waals surface area contributed by atoms with Gasteiger partial charge in [0, 0.05) is 45.3 Å². The van der Waals surface area contributed by atoms with E-state index in [1.807, 2.05) is 29.1 Å². The summed E-state index contributed by atoms with van der Waals surface area (Å²) in [6.07, 6.45) is 6.92. The van der Waals surface area contributed by atoms with Gasteiger partial charge in [-0.15, -0.1) is 24.0 Å². The van der Waals surface area contributed by atoms with Gasteiger partial charge in [-0.2, -0.15) is 5.10 Å². The fraction of sp³-hybridized carbons (Fsp3) is 0.333. The summed E-state index contributed by atoms with van der Waals surface area (Å²) in [4.78, 5) is 6.94. The quantitative estimate of drug-likeness (QED) is 0.312. The first-order valence-electron chi connectivity index (χ1n) is 9.36. The van der Waals surface area contributed by atoms with Gasteiger partial charge < -0.3 is 14.8 Å². The predicted molar refractivity (Wildman–Crippen MR) is 126 cm³/mol. The fourth-order valence-electron chi connectivity index (χ4n) is 2.95. The first-order chi connectivity index (χ1) is 13.2. The normalized spacial score (nSPS) is 11.2. The second-order valence-electron chi connectivity index (χ2n) is 6.58. The van der Waals surface area contributed by atoms with Crippen LogP contribution in [0.3, 0.4) is 0 Å². The molecule has 2 aromatic heterocycles. The fourth-order valence-corrected chi connectivity index (χ4v) is 2.95. The van der Waals surface area contributed by atoms with Crippen LogP contribution in [0.15, 0.2) is 66.0 Å². The number of guanidine groups is 1. The SMILES string of the molecule is CCNC(=NCCc1cnn(-c2ccccc2)c1)N(C)Cc1cccn1C.I. The van der Waals surface area contributed by atoms with Gasteiger partial charge in [0.1, 0.15) is 0 Å². The molecule has 6 nitrogen and oxygen atoms in total. The highest BCUT2D eigenvalue weighted by molar-refractivity contribution is 14.0. The lowest BCUT2D eigenvalue weighted by atomic mass is 10.2. The van der Waals surface area contributed by atoms with Gasteiger partial charge in [-0.3, -0.25) is 4.99 Å². The third kappa shape index (κ3) is 5.85. The number of nitrogens with zero attached hydrogens (tertiary/aromatic N) is 5. The molecule has 1 aromatic carbocycles. The highest BCUT2D eigenvalue weighted by Crippen LogP contribution is 2.08. The lowest BCUT2D eigenvalue weighted by Crippen LogP contribution is -2.39. The Balaban J connectivity index is 0.00000280. The van der Waals surface area contributed by atoms with Gasteiger partial charge in [0.25, 0.3) is 0 Å². The van der Waals surface area contributed by atoms with Crippen molar-refractivity contribution >= 4 is 29.9 Å². The van der Waals surface area contributed by atoms with Crippen molar-refractivity contribution in [2.45, 2.75) is 19.9 Å². The van der Waals surface area contributed by atoms with E-state index < -0.39 is 0 Å². The van der Waals surface area contributed by atoms with Crippen molar-refractivity contribution in [2.75, 3.05) is 20.1 Å². The highest BCUT2D eigenvalue weighted by Gasteiger charge is 2.08. The molecule has 150 valence electrons. The summed E-state index contributed by atoms with van der Waals surface area (Å²) in [6.45, 7) is 4.49. The number of hydrogen-bond acceptors (Lipinski definition) is 2. The van der Waals surface area contributed by atoms with Crippen molar-refractivity contribution in [3.63, 3.8) is 0 Å². The number of benzene rings is 1. The van der Waals surface area contributed by atoms with Gasteiger partial charge in [0.15, 0.2) is 5.96 Å². The monoisotopic (exact) mass is 492 g/mol. The average molecular weight is 492 g/mol. The molecule has 0 saturated heterocycles. The molecule has 0 saturated carbocycles. The number of halogens is 1. The maximum Gasteiger partial charge on any atom is 0.194 e. The van der Waals surface area contributed by atoms with E-state index in [0.29, 0.717) is 0 Å². The number of nitrogens with one attached hydrogen (secondary N) is 1. The van der Waals surface area contributed by atoms with Gasteiger partial charge >= 0.3 is 0 Å². The van der Waals surface area contributed by atoms with Crippen LogP contribution in [-0.4, -0.2) is 45.3 Å². The zero-order chi connectivity index (χ0) is 19.1. The van der Waals surface area contributed by atoms with Crippen LogP contribution >= 0.6 is 24.0 Å². The molecule has 0 aliphatic carbocycles. The topological polar surface area (TPSA) is 50.4 Å². The van der Waals surface area contributed by atoms with Crippen molar-refractivity contribution in [1.82, 2.24) is 24.6 Å². The van der Waals surface area contributed by atoms with Crippen molar-refractivity contribution in [1.29, 1.82) is 0 Å². The largest absolute Gasteiger partial charge is 0.357 e. The predicted octanol–water partition coefficient (Wildman–Crippen LogP) is 3.47. The van der Waals surface area contributed by atoms with Gasteiger partial charge in [0.2, 0.25) is 0 Å². The van der Waals surface area contributed by atoms with Crippen LogP contribution in [0.2, 0.25) is 0 Å². The highest BCUT2D eigenvalue weighted by atomic mass is 127. The minimum atomic E-state index is 0. The molecule has 3 rings (SSSR count). The molecule has 0 bridgehead atoms. The van der Waals surface area contributed by atoms with E-state index in [-0.39, 0.29) is 24.0 Å². The summed E-state index contributed by atoms with van der Waals surface area (Å²) in [5.41, 5.74) is 3.51. The lowest BCUT2D eigenvalue weighted by Gasteiger charge is -2.22. The van der Waals surface area contributed by atoms with Crippen LogP contribution in [0.5, 0.6) is 0 Å². The Bertz CT molecular complexity index is 868. The lowest BCUT2D eigenvalue weighted by molar-refractivity contribution is 0.462. The number of para-hydroxylation sites is 1. The Morgan fingerprint density at radius 1 is 1.18 bits per heavy atom. The minimum Gasteiger partial charge on any atom is -0.357 e. The van der Waals surface area contributed by atoms with Crippen LogP contribution in [0.1, 0.15) is 18.2 Å². The van der Waals surface area contributed by atoms with Crippen molar-refractivity contribution in [3.8, 4) is 5.69 Å². The van der Waals surface area contributed by atoms with Crippen molar-refractivity contribution < 1.29 is 0 Å². The maximum atomic E-state index is 4.79. The Kier molecular flexibility index (Phi) is 8.56. The first kappa shape index (κ1) is 22.0. The molecule has 0 radical (unpaired) electrons. The maximum absolute atomic E-state index is 4.79.